The van der Waals surface area contributed by atoms with E-state index in [2.05, 4.69) is 28.4 Å². The molecule has 0 bridgehead atoms. The van der Waals surface area contributed by atoms with Crippen molar-refractivity contribution in [3.05, 3.63) is 83.9 Å². The fourth-order valence-corrected chi connectivity index (χ4v) is 3.49. The SMILES string of the molecule is N#Cc1ccc(-c2ccc(C(=O)Nc3ccc(N4CCCC4)cc3)cc2)cc1. The maximum atomic E-state index is 12.5. The topological polar surface area (TPSA) is 56.1 Å². The zero-order valence-electron chi connectivity index (χ0n) is 15.6. The number of rotatable bonds is 4. The summed E-state index contributed by atoms with van der Waals surface area (Å²) >= 11 is 0. The van der Waals surface area contributed by atoms with Crippen molar-refractivity contribution >= 4 is 17.3 Å². The molecule has 1 heterocycles. The lowest BCUT2D eigenvalue weighted by Crippen LogP contribution is -2.17. The molecule has 1 N–H and O–H groups in total. The second-order valence-corrected chi connectivity index (χ2v) is 6.96. The number of carbonyl (C=O) groups excluding carboxylic acids is 1. The number of nitrogens with one attached hydrogen (secondary N) is 1. The fraction of sp³-hybridized carbons (Fsp3) is 0.167. The van der Waals surface area contributed by atoms with Gasteiger partial charge in [-0.1, -0.05) is 24.3 Å². The van der Waals surface area contributed by atoms with Crippen molar-refractivity contribution in [2.24, 2.45) is 0 Å². The third kappa shape index (κ3) is 3.89. The van der Waals surface area contributed by atoms with Gasteiger partial charge in [0.2, 0.25) is 0 Å². The minimum Gasteiger partial charge on any atom is -0.372 e. The smallest absolute Gasteiger partial charge is 0.255 e. The normalized spacial score (nSPS) is 13.2. The molecule has 1 aliphatic heterocycles. The molecule has 0 saturated carbocycles. The first kappa shape index (κ1) is 17.8. The van der Waals surface area contributed by atoms with Crippen LogP contribution < -0.4 is 10.2 Å². The molecule has 0 aromatic heterocycles. The Morgan fingerprint density at radius 2 is 1.39 bits per heavy atom. The van der Waals surface area contributed by atoms with Gasteiger partial charge in [-0.15, -0.1) is 0 Å². The first-order valence-corrected chi connectivity index (χ1v) is 9.50. The van der Waals surface area contributed by atoms with Gasteiger partial charge in [0, 0.05) is 30.0 Å². The van der Waals surface area contributed by atoms with Crippen LogP contribution >= 0.6 is 0 Å². The van der Waals surface area contributed by atoms with Gasteiger partial charge in [-0.05, 0) is 72.5 Å². The van der Waals surface area contributed by atoms with E-state index < -0.39 is 0 Å². The molecule has 4 rings (SSSR count). The summed E-state index contributed by atoms with van der Waals surface area (Å²) in [6.45, 7) is 2.22. The Bertz CT molecular complexity index is 994. The van der Waals surface area contributed by atoms with Crippen LogP contribution in [0.3, 0.4) is 0 Å². The summed E-state index contributed by atoms with van der Waals surface area (Å²) < 4.78 is 0. The molecule has 0 aliphatic carbocycles. The molecule has 0 atom stereocenters. The minimum atomic E-state index is -0.125. The molecule has 3 aromatic rings. The largest absolute Gasteiger partial charge is 0.372 e. The van der Waals surface area contributed by atoms with Crippen LogP contribution in [0.5, 0.6) is 0 Å². The molecule has 1 fully saturated rings. The Morgan fingerprint density at radius 1 is 0.821 bits per heavy atom. The van der Waals surface area contributed by atoms with Crippen LogP contribution in [0.4, 0.5) is 11.4 Å². The average Bonchev–Trinajstić information content (AvgIpc) is 3.29. The van der Waals surface area contributed by atoms with Gasteiger partial charge in [-0.2, -0.15) is 5.26 Å². The van der Waals surface area contributed by atoms with Crippen molar-refractivity contribution in [3.8, 4) is 17.2 Å². The van der Waals surface area contributed by atoms with Gasteiger partial charge in [-0.3, -0.25) is 4.79 Å². The number of carbonyl (C=O) groups is 1. The number of hydrogen-bond donors (Lipinski definition) is 1. The lowest BCUT2D eigenvalue weighted by Gasteiger charge is -2.17. The van der Waals surface area contributed by atoms with Gasteiger partial charge in [0.25, 0.3) is 5.91 Å². The van der Waals surface area contributed by atoms with Crippen LogP contribution in [0.2, 0.25) is 0 Å². The standard InChI is InChI=1S/C24H21N3O/c25-17-18-3-5-19(6-4-18)20-7-9-21(10-8-20)24(28)26-22-11-13-23(14-12-22)27-15-1-2-16-27/h3-14H,1-2,15-16H2,(H,26,28). The molecule has 4 heteroatoms. The van der Waals surface area contributed by atoms with Crippen molar-refractivity contribution in [2.45, 2.75) is 12.8 Å². The highest BCUT2D eigenvalue weighted by Gasteiger charge is 2.12. The van der Waals surface area contributed by atoms with Gasteiger partial charge >= 0.3 is 0 Å². The minimum absolute atomic E-state index is 0.125. The molecule has 0 radical (unpaired) electrons. The van der Waals surface area contributed by atoms with Crippen LogP contribution in [0.15, 0.2) is 72.8 Å². The van der Waals surface area contributed by atoms with Crippen LogP contribution in [-0.2, 0) is 0 Å². The number of hydrogen-bond acceptors (Lipinski definition) is 3. The number of nitrogens with zero attached hydrogens (tertiary/aromatic N) is 2. The van der Waals surface area contributed by atoms with Crippen LogP contribution in [0, 0.1) is 11.3 Å². The summed E-state index contributed by atoms with van der Waals surface area (Å²) in [6, 6.07) is 25.1. The Morgan fingerprint density at radius 3 is 1.96 bits per heavy atom. The fourth-order valence-electron chi connectivity index (χ4n) is 3.49. The number of nitriles is 1. The van der Waals surface area contributed by atoms with Crippen LogP contribution in [0.25, 0.3) is 11.1 Å². The molecular weight excluding hydrogens is 346 g/mol. The van der Waals surface area contributed by atoms with Crippen molar-refractivity contribution in [1.82, 2.24) is 0 Å². The third-order valence-corrected chi connectivity index (χ3v) is 5.09. The third-order valence-electron chi connectivity index (χ3n) is 5.09. The predicted molar refractivity (Wildman–Crippen MR) is 112 cm³/mol. The Hall–Kier alpha value is -3.58. The molecule has 138 valence electrons. The molecule has 0 unspecified atom stereocenters. The zero-order chi connectivity index (χ0) is 19.3. The lowest BCUT2D eigenvalue weighted by atomic mass is 10.0. The molecule has 4 nitrogen and oxygen atoms in total. The van der Waals surface area contributed by atoms with Crippen molar-refractivity contribution < 1.29 is 4.79 Å². The summed E-state index contributed by atoms with van der Waals surface area (Å²) in [4.78, 5) is 14.9. The first-order valence-electron chi connectivity index (χ1n) is 9.50. The number of benzene rings is 3. The Kier molecular flexibility index (Phi) is 5.07. The molecule has 1 amide bonds. The van der Waals surface area contributed by atoms with Crippen molar-refractivity contribution in [3.63, 3.8) is 0 Å². The summed E-state index contributed by atoms with van der Waals surface area (Å²) in [5.41, 5.74) is 5.28. The van der Waals surface area contributed by atoms with Gasteiger partial charge in [0.1, 0.15) is 0 Å². The van der Waals surface area contributed by atoms with Crippen molar-refractivity contribution in [1.29, 1.82) is 5.26 Å². The molecule has 0 spiro atoms. The van der Waals surface area contributed by atoms with E-state index in [-0.39, 0.29) is 5.91 Å². The molecular formula is C24H21N3O. The molecule has 3 aromatic carbocycles. The van der Waals surface area contributed by atoms with E-state index in [1.54, 1.807) is 12.1 Å². The molecule has 1 aliphatic rings. The number of anilines is 2. The lowest BCUT2D eigenvalue weighted by molar-refractivity contribution is 0.102. The monoisotopic (exact) mass is 367 g/mol. The Labute approximate surface area is 165 Å². The average molecular weight is 367 g/mol. The second-order valence-electron chi connectivity index (χ2n) is 6.96. The van der Waals surface area contributed by atoms with Gasteiger partial charge in [0.05, 0.1) is 11.6 Å². The van der Waals surface area contributed by atoms with Gasteiger partial charge in [-0.25, -0.2) is 0 Å². The highest BCUT2D eigenvalue weighted by Crippen LogP contribution is 2.23. The van der Waals surface area contributed by atoms with E-state index in [9.17, 15) is 4.79 Å². The van der Waals surface area contributed by atoms with E-state index in [1.165, 1.54) is 18.5 Å². The summed E-state index contributed by atoms with van der Waals surface area (Å²) in [6.07, 6.45) is 2.49. The summed E-state index contributed by atoms with van der Waals surface area (Å²) in [7, 11) is 0. The number of amides is 1. The van der Waals surface area contributed by atoms with Crippen LogP contribution in [0.1, 0.15) is 28.8 Å². The van der Waals surface area contributed by atoms with Gasteiger partial charge in [0.15, 0.2) is 0 Å². The van der Waals surface area contributed by atoms with E-state index in [0.29, 0.717) is 11.1 Å². The summed E-state index contributed by atoms with van der Waals surface area (Å²) in [5, 5.41) is 11.8. The summed E-state index contributed by atoms with van der Waals surface area (Å²) in [5.74, 6) is -0.125. The predicted octanol–water partition coefficient (Wildman–Crippen LogP) is 5.08. The van der Waals surface area contributed by atoms with E-state index >= 15 is 0 Å². The first-order chi connectivity index (χ1) is 13.7. The van der Waals surface area contributed by atoms with Gasteiger partial charge < -0.3 is 10.2 Å². The quantitative estimate of drug-likeness (QED) is 0.700. The highest BCUT2D eigenvalue weighted by atomic mass is 16.1. The van der Waals surface area contributed by atoms with Crippen LogP contribution in [-0.4, -0.2) is 19.0 Å². The van der Waals surface area contributed by atoms with E-state index in [0.717, 1.165) is 29.9 Å². The maximum Gasteiger partial charge on any atom is 0.255 e. The van der Waals surface area contributed by atoms with E-state index in [1.807, 2.05) is 48.5 Å². The highest BCUT2D eigenvalue weighted by molar-refractivity contribution is 6.04. The maximum absolute atomic E-state index is 12.5. The van der Waals surface area contributed by atoms with E-state index in [4.69, 9.17) is 5.26 Å². The van der Waals surface area contributed by atoms with Crippen molar-refractivity contribution in [2.75, 3.05) is 23.3 Å². The molecule has 1 saturated heterocycles. The molecule has 28 heavy (non-hydrogen) atoms. The Balaban J connectivity index is 1.42. The zero-order valence-corrected chi connectivity index (χ0v) is 15.6. The second kappa shape index (κ2) is 7.98.